The third-order valence-electron chi connectivity index (χ3n) is 2.36. The molecule has 1 aromatic rings. The minimum absolute atomic E-state index is 0.0801. The fraction of sp³-hybridized carbons (Fsp3) is 0.333. The van der Waals surface area contributed by atoms with Gasteiger partial charge < -0.3 is 5.11 Å². The van der Waals surface area contributed by atoms with Crippen LogP contribution >= 0.6 is 0 Å². The molecule has 0 aliphatic heterocycles. The van der Waals surface area contributed by atoms with Gasteiger partial charge in [-0.15, -0.1) is 0 Å². The van der Waals surface area contributed by atoms with Crippen LogP contribution in [0, 0.1) is 11.3 Å². The van der Waals surface area contributed by atoms with Crippen LogP contribution in [0.2, 0.25) is 0 Å². The quantitative estimate of drug-likeness (QED) is 0.740. The molecular formula is C9H7N3O2. The maximum Gasteiger partial charge on any atom is 0.337 e. The number of carboxylic acids is 1. The van der Waals surface area contributed by atoms with E-state index in [0.29, 0.717) is 5.69 Å². The Morgan fingerprint density at radius 3 is 2.86 bits per heavy atom. The van der Waals surface area contributed by atoms with Crippen LogP contribution in [0.1, 0.15) is 28.9 Å². The molecule has 1 aliphatic carbocycles. The largest absolute Gasteiger partial charge is 0.478 e. The summed E-state index contributed by atoms with van der Waals surface area (Å²) in [5, 5.41) is 25.0. The number of carboxylic acid groups (broad SMARTS) is 1. The second-order valence-electron chi connectivity index (χ2n) is 3.33. The SMILES string of the molecule is N#CC1(c2cc(C(=O)O)cnn2)CC1. The second-order valence-corrected chi connectivity index (χ2v) is 3.33. The van der Waals surface area contributed by atoms with Crippen molar-refractivity contribution in [3.8, 4) is 6.07 Å². The molecule has 0 bridgehead atoms. The van der Waals surface area contributed by atoms with Crippen LogP contribution in [0.5, 0.6) is 0 Å². The van der Waals surface area contributed by atoms with Gasteiger partial charge in [-0.25, -0.2) is 4.79 Å². The molecule has 5 heteroatoms. The lowest BCUT2D eigenvalue weighted by molar-refractivity contribution is 0.0696. The molecule has 1 heterocycles. The predicted octanol–water partition coefficient (Wildman–Crippen LogP) is 0.730. The topological polar surface area (TPSA) is 86.9 Å². The van der Waals surface area contributed by atoms with Crippen LogP contribution < -0.4 is 0 Å². The van der Waals surface area contributed by atoms with E-state index in [0.717, 1.165) is 12.8 Å². The average molecular weight is 189 g/mol. The summed E-state index contributed by atoms with van der Waals surface area (Å²) < 4.78 is 0. The lowest BCUT2D eigenvalue weighted by Crippen LogP contribution is -2.09. The lowest BCUT2D eigenvalue weighted by atomic mass is 10.0. The van der Waals surface area contributed by atoms with E-state index >= 15 is 0 Å². The molecule has 0 saturated heterocycles. The van der Waals surface area contributed by atoms with E-state index in [4.69, 9.17) is 10.4 Å². The van der Waals surface area contributed by atoms with Gasteiger partial charge in [0, 0.05) is 0 Å². The minimum Gasteiger partial charge on any atom is -0.478 e. The molecule has 0 aromatic carbocycles. The van der Waals surface area contributed by atoms with Crippen molar-refractivity contribution in [3.05, 3.63) is 23.5 Å². The summed E-state index contributed by atoms with van der Waals surface area (Å²) in [6.45, 7) is 0. The van der Waals surface area contributed by atoms with Gasteiger partial charge in [0.1, 0.15) is 5.41 Å². The number of hydrogen-bond acceptors (Lipinski definition) is 4. The van der Waals surface area contributed by atoms with Crippen molar-refractivity contribution in [1.29, 1.82) is 5.26 Å². The Morgan fingerprint density at radius 2 is 2.36 bits per heavy atom. The van der Waals surface area contributed by atoms with E-state index in [-0.39, 0.29) is 5.56 Å². The fourth-order valence-electron chi connectivity index (χ4n) is 1.27. The monoisotopic (exact) mass is 189 g/mol. The van der Waals surface area contributed by atoms with Gasteiger partial charge in [-0.05, 0) is 18.9 Å². The molecule has 0 atom stereocenters. The van der Waals surface area contributed by atoms with Gasteiger partial charge >= 0.3 is 5.97 Å². The molecule has 1 N–H and O–H groups in total. The van der Waals surface area contributed by atoms with Crippen molar-refractivity contribution in [2.45, 2.75) is 18.3 Å². The molecular weight excluding hydrogens is 182 g/mol. The maximum atomic E-state index is 10.6. The van der Waals surface area contributed by atoms with E-state index in [1.807, 2.05) is 0 Å². The van der Waals surface area contributed by atoms with Gasteiger partial charge in [0.05, 0.1) is 23.5 Å². The fourth-order valence-corrected chi connectivity index (χ4v) is 1.27. The van der Waals surface area contributed by atoms with Crippen LogP contribution in [0.15, 0.2) is 12.3 Å². The first-order valence-electron chi connectivity index (χ1n) is 4.16. The van der Waals surface area contributed by atoms with E-state index < -0.39 is 11.4 Å². The van der Waals surface area contributed by atoms with Gasteiger partial charge in [-0.2, -0.15) is 15.5 Å². The molecule has 14 heavy (non-hydrogen) atoms. The van der Waals surface area contributed by atoms with Gasteiger partial charge in [0.15, 0.2) is 0 Å². The first-order chi connectivity index (χ1) is 6.68. The van der Waals surface area contributed by atoms with Crippen molar-refractivity contribution in [3.63, 3.8) is 0 Å². The molecule has 0 amide bonds. The number of nitriles is 1. The summed E-state index contributed by atoms with van der Waals surface area (Å²) in [7, 11) is 0. The van der Waals surface area contributed by atoms with Crippen LogP contribution in [-0.4, -0.2) is 21.3 Å². The van der Waals surface area contributed by atoms with Crippen LogP contribution in [0.3, 0.4) is 0 Å². The predicted molar refractivity (Wildman–Crippen MR) is 45.5 cm³/mol. The minimum atomic E-state index is -1.05. The third-order valence-corrected chi connectivity index (χ3v) is 2.36. The Balaban J connectivity index is 2.42. The highest BCUT2D eigenvalue weighted by molar-refractivity contribution is 5.87. The Labute approximate surface area is 80.0 Å². The van der Waals surface area contributed by atoms with Crippen LogP contribution in [0.25, 0.3) is 0 Å². The summed E-state index contributed by atoms with van der Waals surface area (Å²) in [5.74, 6) is -1.05. The zero-order valence-corrected chi connectivity index (χ0v) is 7.27. The number of carbonyl (C=O) groups is 1. The highest BCUT2D eigenvalue weighted by atomic mass is 16.4. The molecule has 1 fully saturated rings. The molecule has 0 unspecified atom stereocenters. The molecule has 0 radical (unpaired) electrons. The molecule has 1 aromatic heterocycles. The highest BCUT2D eigenvalue weighted by Gasteiger charge is 2.47. The summed E-state index contributed by atoms with van der Waals surface area (Å²) in [6, 6.07) is 3.56. The summed E-state index contributed by atoms with van der Waals surface area (Å²) in [4.78, 5) is 10.6. The Hall–Kier alpha value is -1.96. The molecule has 2 rings (SSSR count). The van der Waals surface area contributed by atoms with Crippen molar-refractivity contribution < 1.29 is 9.90 Å². The van der Waals surface area contributed by atoms with Crippen LogP contribution in [-0.2, 0) is 5.41 Å². The van der Waals surface area contributed by atoms with E-state index in [2.05, 4.69) is 16.3 Å². The number of hydrogen-bond donors (Lipinski definition) is 1. The van der Waals surface area contributed by atoms with Gasteiger partial charge in [0.2, 0.25) is 0 Å². The van der Waals surface area contributed by atoms with Gasteiger partial charge in [0.25, 0.3) is 0 Å². The van der Waals surface area contributed by atoms with Crippen molar-refractivity contribution in [2.75, 3.05) is 0 Å². The zero-order valence-electron chi connectivity index (χ0n) is 7.27. The Morgan fingerprint density at radius 1 is 1.64 bits per heavy atom. The first kappa shape index (κ1) is 8.63. The summed E-state index contributed by atoms with van der Waals surface area (Å²) in [5.41, 5.74) is -0.0187. The van der Waals surface area contributed by atoms with E-state index in [1.54, 1.807) is 0 Å². The standard InChI is InChI=1S/C9H7N3O2/c10-5-9(1-2-9)7-3-6(8(13)14)4-11-12-7/h3-4H,1-2H2,(H,13,14). The van der Waals surface area contributed by atoms with Crippen LogP contribution in [0.4, 0.5) is 0 Å². The second kappa shape index (κ2) is 2.77. The van der Waals surface area contributed by atoms with Crippen molar-refractivity contribution in [1.82, 2.24) is 10.2 Å². The smallest absolute Gasteiger partial charge is 0.337 e. The van der Waals surface area contributed by atoms with Gasteiger partial charge in [-0.1, -0.05) is 0 Å². The third kappa shape index (κ3) is 1.21. The number of aromatic nitrogens is 2. The summed E-state index contributed by atoms with van der Waals surface area (Å²) >= 11 is 0. The number of rotatable bonds is 2. The van der Waals surface area contributed by atoms with E-state index in [1.165, 1.54) is 12.3 Å². The van der Waals surface area contributed by atoms with E-state index in [9.17, 15) is 4.79 Å². The number of aromatic carboxylic acids is 1. The van der Waals surface area contributed by atoms with Gasteiger partial charge in [-0.3, -0.25) is 0 Å². The highest BCUT2D eigenvalue weighted by Crippen LogP contribution is 2.46. The molecule has 0 spiro atoms. The molecule has 1 aliphatic rings. The normalized spacial score (nSPS) is 17.1. The number of nitrogens with zero attached hydrogens (tertiary/aromatic N) is 3. The molecule has 1 saturated carbocycles. The molecule has 5 nitrogen and oxygen atoms in total. The first-order valence-corrected chi connectivity index (χ1v) is 4.16. The molecule has 70 valence electrons. The van der Waals surface area contributed by atoms with Crippen molar-refractivity contribution in [2.24, 2.45) is 0 Å². The Kier molecular flexibility index (Phi) is 1.71. The van der Waals surface area contributed by atoms with Crippen molar-refractivity contribution >= 4 is 5.97 Å². The maximum absolute atomic E-state index is 10.6. The summed E-state index contributed by atoms with van der Waals surface area (Å²) in [6.07, 6.45) is 2.65. The zero-order chi connectivity index (χ0) is 10.2. The average Bonchev–Trinajstić information content (AvgIpc) is 2.98. The Bertz CT molecular complexity index is 432. The lowest BCUT2D eigenvalue weighted by Gasteiger charge is -2.03.